The van der Waals surface area contributed by atoms with Crippen LogP contribution in [0.1, 0.15) is 34.1 Å². The van der Waals surface area contributed by atoms with E-state index in [1.54, 1.807) is 0 Å². The fourth-order valence-electron chi connectivity index (χ4n) is 2.33. The van der Waals surface area contributed by atoms with Gasteiger partial charge in [-0.2, -0.15) is 0 Å². The first-order chi connectivity index (χ1) is 7.38. The van der Waals surface area contributed by atoms with E-state index in [1.807, 2.05) is 0 Å². The van der Waals surface area contributed by atoms with Crippen LogP contribution < -0.4 is 5.73 Å². The zero-order valence-electron chi connectivity index (χ0n) is 11.1. The molecule has 0 fully saturated rings. The number of nitrogens with zero attached hydrogens (tertiary/aromatic N) is 1. The molecule has 0 aliphatic rings. The molecular weight excluding hydrogens is 204 g/mol. The summed E-state index contributed by atoms with van der Waals surface area (Å²) in [6.45, 7) is 9.84. The number of rotatable bonds is 7. The Morgan fingerprint density at radius 1 is 1.12 bits per heavy atom. The summed E-state index contributed by atoms with van der Waals surface area (Å²) < 4.78 is 0. The monoisotopic (exact) mass is 232 g/mol. The first kappa shape index (κ1) is 15.8. The van der Waals surface area contributed by atoms with Crippen molar-refractivity contribution in [1.29, 1.82) is 0 Å². The zero-order chi connectivity index (χ0) is 12.8. The summed E-state index contributed by atoms with van der Waals surface area (Å²) in [6, 6.07) is 0.245. The molecule has 0 aromatic carbocycles. The Hall–Kier alpha value is -0.160. The summed E-state index contributed by atoms with van der Waals surface area (Å²) >= 11 is 0. The number of aliphatic hydroxyl groups excluding tert-OH is 2. The topological polar surface area (TPSA) is 69.7 Å². The number of aliphatic hydroxyl groups is 2. The van der Waals surface area contributed by atoms with Crippen LogP contribution in [0.3, 0.4) is 0 Å². The van der Waals surface area contributed by atoms with Crippen molar-refractivity contribution in [2.24, 2.45) is 11.1 Å². The fourth-order valence-corrected chi connectivity index (χ4v) is 2.33. The van der Waals surface area contributed by atoms with Crippen molar-refractivity contribution in [1.82, 2.24) is 4.90 Å². The van der Waals surface area contributed by atoms with E-state index in [1.165, 1.54) is 0 Å². The van der Waals surface area contributed by atoms with Gasteiger partial charge in [-0.25, -0.2) is 0 Å². The Morgan fingerprint density at radius 3 is 1.81 bits per heavy atom. The summed E-state index contributed by atoms with van der Waals surface area (Å²) in [4.78, 5) is 2.09. The molecule has 0 amide bonds. The molecule has 4 heteroatoms. The second-order valence-electron chi connectivity index (χ2n) is 5.37. The van der Waals surface area contributed by atoms with E-state index in [2.05, 4.69) is 32.6 Å². The molecule has 0 radical (unpaired) electrons. The van der Waals surface area contributed by atoms with Gasteiger partial charge >= 0.3 is 0 Å². The van der Waals surface area contributed by atoms with Gasteiger partial charge < -0.3 is 15.9 Å². The molecule has 4 nitrogen and oxygen atoms in total. The van der Waals surface area contributed by atoms with Gasteiger partial charge in [0.25, 0.3) is 0 Å². The molecule has 0 rings (SSSR count). The molecular formula is C12H28N2O2. The number of nitrogens with two attached hydrogens (primary N) is 1. The van der Waals surface area contributed by atoms with Gasteiger partial charge in [0.1, 0.15) is 0 Å². The maximum atomic E-state index is 9.07. The Balaban J connectivity index is 4.80. The average molecular weight is 232 g/mol. The van der Waals surface area contributed by atoms with Crippen LogP contribution in [0.15, 0.2) is 0 Å². The van der Waals surface area contributed by atoms with Crippen LogP contribution in [-0.4, -0.2) is 53.5 Å². The molecule has 0 aliphatic carbocycles. The van der Waals surface area contributed by atoms with Gasteiger partial charge in [0.2, 0.25) is 0 Å². The maximum absolute atomic E-state index is 9.07. The van der Waals surface area contributed by atoms with Gasteiger partial charge in [-0.1, -0.05) is 27.7 Å². The molecule has 4 N–H and O–H groups in total. The van der Waals surface area contributed by atoms with E-state index in [0.717, 1.165) is 6.42 Å². The summed E-state index contributed by atoms with van der Waals surface area (Å²) in [6.07, 6.45) is 0.898. The van der Waals surface area contributed by atoms with Gasteiger partial charge in [0.05, 0.1) is 13.2 Å². The van der Waals surface area contributed by atoms with E-state index in [4.69, 9.17) is 15.9 Å². The first-order valence-electron chi connectivity index (χ1n) is 6.09. The lowest BCUT2D eigenvalue weighted by Crippen LogP contribution is -2.56. The molecule has 0 bridgehead atoms. The number of hydrogen-bond donors (Lipinski definition) is 3. The highest BCUT2D eigenvalue weighted by Gasteiger charge is 2.33. The van der Waals surface area contributed by atoms with Crippen molar-refractivity contribution in [2.75, 3.05) is 26.3 Å². The van der Waals surface area contributed by atoms with E-state index < -0.39 is 0 Å². The predicted octanol–water partition coefficient (Wildman–Crippen LogP) is 0.425. The third-order valence-corrected chi connectivity index (χ3v) is 2.93. The van der Waals surface area contributed by atoms with E-state index in [0.29, 0.717) is 13.1 Å². The van der Waals surface area contributed by atoms with Gasteiger partial charge in [-0.05, 0) is 11.8 Å². The van der Waals surface area contributed by atoms with Gasteiger partial charge in [0.15, 0.2) is 0 Å². The normalized spacial score (nSPS) is 16.5. The maximum Gasteiger partial charge on any atom is 0.0558 e. The molecule has 0 heterocycles. The highest BCUT2D eigenvalue weighted by Crippen LogP contribution is 2.27. The molecule has 0 saturated heterocycles. The van der Waals surface area contributed by atoms with Crippen LogP contribution in [0.5, 0.6) is 0 Å². The molecule has 16 heavy (non-hydrogen) atoms. The minimum Gasteiger partial charge on any atom is -0.395 e. The largest absolute Gasteiger partial charge is 0.395 e. The first-order valence-corrected chi connectivity index (χ1v) is 6.09. The second-order valence-corrected chi connectivity index (χ2v) is 5.37. The minimum absolute atomic E-state index is 0.0414. The lowest BCUT2D eigenvalue weighted by Gasteiger charge is -2.43. The molecule has 2 atom stereocenters. The average Bonchev–Trinajstić information content (AvgIpc) is 2.16. The van der Waals surface area contributed by atoms with E-state index in [9.17, 15) is 0 Å². The quantitative estimate of drug-likeness (QED) is 0.595. The Labute approximate surface area is 99.4 Å². The summed E-state index contributed by atoms with van der Waals surface area (Å²) in [5.74, 6) is 0. The highest BCUT2D eigenvalue weighted by atomic mass is 16.3. The third-order valence-electron chi connectivity index (χ3n) is 2.93. The second kappa shape index (κ2) is 7.22. The van der Waals surface area contributed by atoms with Crippen LogP contribution in [-0.2, 0) is 0 Å². The molecule has 0 aromatic heterocycles. The van der Waals surface area contributed by atoms with Crippen LogP contribution in [0, 0.1) is 5.41 Å². The van der Waals surface area contributed by atoms with E-state index >= 15 is 0 Å². The number of hydrogen-bond acceptors (Lipinski definition) is 4. The molecule has 2 unspecified atom stereocenters. The van der Waals surface area contributed by atoms with Gasteiger partial charge in [-0.15, -0.1) is 0 Å². The van der Waals surface area contributed by atoms with Crippen molar-refractivity contribution >= 4 is 0 Å². The van der Waals surface area contributed by atoms with Crippen molar-refractivity contribution < 1.29 is 10.2 Å². The SMILES string of the molecule is CCC(N)C(N(CCO)CCO)C(C)(C)C. The molecule has 0 saturated carbocycles. The molecule has 0 aliphatic heterocycles. The summed E-state index contributed by atoms with van der Waals surface area (Å²) in [7, 11) is 0. The highest BCUT2D eigenvalue weighted by molar-refractivity contribution is 4.90. The van der Waals surface area contributed by atoms with Crippen LogP contribution in [0.4, 0.5) is 0 Å². The van der Waals surface area contributed by atoms with E-state index in [-0.39, 0.29) is 30.7 Å². The van der Waals surface area contributed by atoms with Crippen molar-refractivity contribution in [3.63, 3.8) is 0 Å². The summed E-state index contributed by atoms with van der Waals surface area (Å²) in [5, 5.41) is 18.1. The minimum atomic E-state index is 0.0414. The third kappa shape index (κ3) is 4.78. The Bertz CT molecular complexity index is 174. The van der Waals surface area contributed by atoms with Crippen LogP contribution in [0.25, 0.3) is 0 Å². The zero-order valence-corrected chi connectivity index (χ0v) is 11.1. The van der Waals surface area contributed by atoms with Crippen LogP contribution in [0.2, 0.25) is 0 Å². The van der Waals surface area contributed by atoms with Crippen molar-refractivity contribution in [2.45, 2.75) is 46.2 Å². The van der Waals surface area contributed by atoms with Crippen molar-refractivity contribution in [3.8, 4) is 0 Å². The Morgan fingerprint density at radius 2 is 1.56 bits per heavy atom. The Kier molecular flexibility index (Phi) is 7.15. The molecule has 0 aromatic rings. The molecule has 0 spiro atoms. The van der Waals surface area contributed by atoms with Gasteiger partial charge in [0, 0.05) is 25.2 Å². The van der Waals surface area contributed by atoms with Crippen molar-refractivity contribution in [3.05, 3.63) is 0 Å². The fraction of sp³-hybridized carbons (Fsp3) is 1.00. The lowest BCUT2D eigenvalue weighted by molar-refractivity contribution is 0.0468. The van der Waals surface area contributed by atoms with Crippen LogP contribution >= 0.6 is 0 Å². The smallest absolute Gasteiger partial charge is 0.0558 e. The molecule has 98 valence electrons. The lowest BCUT2D eigenvalue weighted by atomic mass is 9.80. The standard InChI is InChI=1S/C12H28N2O2/c1-5-10(13)11(12(2,3)4)14(6-8-15)7-9-16/h10-11,15-16H,5-9,13H2,1-4H3. The predicted molar refractivity (Wildman–Crippen MR) is 67.3 cm³/mol. The summed E-state index contributed by atoms with van der Waals surface area (Å²) in [5.41, 5.74) is 6.20. The van der Waals surface area contributed by atoms with Gasteiger partial charge in [-0.3, -0.25) is 4.90 Å².